The Bertz CT molecular complexity index is 184. The lowest BCUT2D eigenvalue weighted by molar-refractivity contribution is 0.220. The average molecular weight is 137 g/mol. The number of amides is 2. The van der Waals surface area contributed by atoms with Crippen LogP contribution in [0, 0.1) is 0 Å². The molecule has 0 atom stereocenters. The molecule has 1 aliphatic heterocycles. The Kier molecular flexibility index (Phi) is 2.10. The van der Waals surface area contributed by atoms with Crippen LogP contribution in [0.5, 0.6) is 0 Å². The van der Waals surface area contributed by atoms with Crippen molar-refractivity contribution in [1.82, 2.24) is 10.2 Å². The molecule has 0 aromatic heterocycles. The predicted octanol–water partition coefficient (Wildman–Crippen LogP) is 0.726. The van der Waals surface area contributed by atoms with E-state index in [1.165, 1.54) is 7.05 Å². The molecule has 1 radical (unpaired) electrons. The van der Waals surface area contributed by atoms with Gasteiger partial charge in [0.15, 0.2) is 0 Å². The summed E-state index contributed by atoms with van der Waals surface area (Å²) in [6, 6.07) is -0.194. The second-order valence-corrected chi connectivity index (χ2v) is 1.93. The van der Waals surface area contributed by atoms with Crippen molar-refractivity contribution in [2.75, 3.05) is 13.6 Å². The predicted molar refractivity (Wildman–Crippen MR) is 38.4 cm³/mol. The average Bonchev–Trinajstić information content (AvgIpc) is 2.05. The molecule has 3 heteroatoms. The normalized spacial score (nSPS) is 15.5. The number of carbonyl (C=O) groups excluding carboxylic acids is 1. The smallest absolute Gasteiger partial charge is 0.296 e. The molecule has 0 N–H and O–H groups in total. The SMILES string of the molecule is C[N]C(=O)N1C=CC=CC1. The maximum atomic E-state index is 10.8. The molecule has 0 aliphatic carbocycles. The molecule has 0 aromatic rings. The van der Waals surface area contributed by atoms with Crippen LogP contribution >= 0.6 is 0 Å². The van der Waals surface area contributed by atoms with Crippen molar-refractivity contribution in [1.29, 1.82) is 0 Å². The summed E-state index contributed by atoms with van der Waals surface area (Å²) in [5.41, 5.74) is 0. The van der Waals surface area contributed by atoms with Gasteiger partial charge in [-0.05, 0) is 6.08 Å². The lowest BCUT2D eigenvalue weighted by atomic mass is 10.4. The quantitative estimate of drug-likeness (QED) is 0.484. The van der Waals surface area contributed by atoms with Crippen molar-refractivity contribution in [2.24, 2.45) is 0 Å². The van der Waals surface area contributed by atoms with Crippen LogP contribution in [0.25, 0.3) is 0 Å². The van der Waals surface area contributed by atoms with Crippen LogP contribution in [0.1, 0.15) is 0 Å². The summed E-state index contributed by atoms with van der Waals surface area (Å²) in [6.45, 7) is 0.632. The number of nitrogens with zero attached hydrogens (tertiary/aromatic N) is 2. The first-order valence-corrected chi connectivity index (χ1v) is 3.08. The van der Waals surface area contributed by atoms with Crippen molar-refractivity contribution in [3.63, 3.8) is 0 Å². The van der Waals surface area contributed by atoms with Crippen molar-refractivity contribution < 1.29 is 4.79 Å². The highest BCUT2D eigenvalue weighted by atomic mass is 16.2. The van der Waals surface area contributed by atoms with Crippen molar-refractivity contribution in [3.05, 3.63) is 24.4 Å². The van der Waals surface area contributed by atoms with Gasteiger partial charge in [-0.3, -0.25) is 4.90 Å². The molecule has 10 heavy (non-hydrogen) atoms. The van der Waals surface area contributed by atoms with E-state index in [9.17, 15) is 4.79 Å². The van der Waals surface area contributed by atoms with Crippen LogP contribution in [0.2, 0.25) is 0 Å². The molecule has 3 nitrogen and oxygen atoms in total. The molecule has 0 aromatic carbocycles. The van der Waals surface area contributed by atoms with E-state index in [1.807, 2.05) is 18.2 Å². The second kappa shape index (κ2) is 3.06. The second-order valence-electron chi connectivity index (χ2n) is 1.93. The van der Waals surface area contributed by atoms with Gasteiger partial charge in [0.05, 0.1) is 0 Å². The van der Waals surface area contributed by atoms with Gasteiger partial charge in [-0.2, -0.15) is 0 Å². The highest BCUT2D eigenvalue weighted by Gasteiger charge is 2.07. The van der Waals surface area contributed by atoms with Gasteiger partial charge in [0, 0.05) is 19.8 Å². The molecule has 0 unspecified atom stereocenters. The van der Waals surface area contributed by atoms with Crippen molar-refractivity contribution >= 4 is 6.03 Å². The zero-order valence-electron chi connectivity index (χ0n) is 5.82. The van der Waals surface area contributed by atoms with Crippen LogP contribution in [0.4, 0.5) is 4.79 Å². The van der Waals surface area contributed by atoms with E-state index in [-0.39, 0.29) is 6.03 Å². The molecule has 0 bridgehead atoms. The molecule has 0 spiro atoms. The number of hydrogen-bond acceptors (Lipinski definition) is 1. The van der Waals surface area contributed by atoms with E-state index < -0.39 is 0 Å². The topological polar surface area (TPSA) is 34.4 Å². The fourth-order valence-electron chi connectivity index (χ4n) is 0.738. The van der Waals surface area contributed by atoms with E-state index in [0.717, 1.165) is 0 Å². The Morgan fingerprint density at radius 2 is 2.40 bits per heavy atom. The molecule has 0 saturated carbocycles. The summed E-state index contributed by atoms with van der Waals surface area (Å²) in [5, 5.41) is 3.51. The van der Waals surface area contributed by atoms with Crippen LogP contribution in [0.15, 0.2) is 24.4 Å². The highest BCUT2D eigenvalue weighted by Crippen LogP contribution is 1.97. The summed E-state index contributed by atoms with van der Waals surface area (Å²) < 4.78 is 0. The van der Waals surface area contributed by atoms with Crippen LogP contribution < -0.4 is 5.32 Å². The Hall–Kier alpha value is -1.25. The van der Waals surface area contributed by atoms with E-state index in [2.05, 4.69) is 5.32 Å². The third kappa shape index (κ3) is 1.37. The molecule has 1 aliphatic rings. The zero-order valence-corrected chi connectivity index (χ0v) is 5.82. The molecule has 0 fully saturated rings. The Morgan fingerprint density at radius 1 is 1.60 bits per heavy atom. The first-order chi connectivity index (χ1) is 4.84. The first kappa shape index (κ1) is 6.86. The van der Waals surface area contributed by atoms with Crippen molar-refractivity contribution in [3.8, 4) is 0 Å². The third-order valence-corrected chi connectivity index (χ3v) is 1.25. The molecule has 1 rings (SSSR count). The fourth-order valence-corrected chi connectivity index (χ4v) is 0.738. The molecule has 2 amide bonds. The molecule has 53 valence electrons. The van der Waals surface area contributed by atoms with Crippen LogP contribution in [0.3, 0.4) is 0 Å². The number of urea groups is 1. The van der Waals surface area contributed by atoms with E-state index in [1.54, 1.807) is 11.1 Å². The number of hydrogen-bond donors (Lipinski definition) is 0. The van der Waals surface area contributed by atoms with Gasteiger partial charge in [-0.15, -0.1) is 0 Å². The van der Waals surface area contributed by atoms with E-state index in [0.29, 0.717) is 6.54 Å². The Labute approximate surface area is 60.0 Å². The van der Waals surface area contributed by atoms with Gasteiger partial charge >= 0.3 is 6.03 Å². The van der Waals surface area contributed by atoms with E-state index >= 15 is 0 Å². The highest BCUT2D eigenvalue weighted by molar-refractivity contribution is 5.75. The van der Waals surface area contributed by atoms with Crippen LogP contribution in [-0.4, -0.2) is 24.5 Å². The van der Waals surface area contributed by atoms with Gasteiger partial charge in [-0.25, -0.2) is 10.1 Å². The zero-order chi connectivity index (χ0) is 7.40. The van der Waals surface area contributed by atoms with Crippen LogP contribution in [-0.2, 0) is 0 Å². The third-order valence-electron chi connectivity index (χ3n) is 1.25. The first-order valence-electron chi connectivity index (χ1n) is 3.08. The summed E-state index contributed by atoms with van der Waals surface area (Å²) in [6.07, 6.45) is 7.34. The molecule has 1 heterocycles. The summed E-state index contributed by atoms with van der Waals surface area (Å²) in [4.78, 5) is 12.4. The van der Waals surface area contributed by atoms with E-state index in [4.69, 9.17) is 0 Å². The van der Waals surface area contributed by atoms with Gasteiger partial charge < -0.3 is 0 Å². The lowest BCUT2D eigenvalue weighted by Gasteiger charge is -2.15. The Balaban J connectivity index is 2.51. The maximum absolute atomic E-state index is 10.8. The summed E-state index contributed by atoms with van der Waals surface area (Å²) >= 11 is 0. The largest absolute Gasteiger partial charge is 0.342 e. The minimum Gasteiger partial charge on any atom is -0.296 e. The number of rotatable bonds is 0. The van der Waals surface area contributed by atoms with Gasteiger partial charge in [0.2, 0.25) is 0 Å². The summed E-state index contributed by atoms with van der Waals surface area (Å²) in [7, 11) is 1.49. The van der Waals surface area contributed by atoms with Crippen molar-refractivity contribution in [2.45, 2.75) is 0 Å². The minimum absolute atomic E-state index is 0.194. The monoisotopic (exact) mass is 137 g/mol. The fraction of sp³-hybridized carbons (Fsp3) is 0.286. The lowest BCUT2D eigenvalue weighted by Crippen LogP contribution is -2.30. The minimum atomic E-state index is -0.194. The van der Waals surface area contributed by atoms with Gasteiger partial charge in [-0.1, -0.05) is 12.2 Å². The maximum Gasteiger partial charge on any atom is 0.342 e. The standard InChI is InChI=1S/C7H9N2O/c1-8-7(10)9-5-3-2-4-6-9/h2-5H,6H2,1H3. The van der Waals surface area contributed by atoms with Gasteiger partial charge in [0.25, 0.3) is 0 Å². The summed E-state index contributed by atoms with van der Waals surface area (Å²) in [5.74, 6) is 0. The number of allylic oxidation sites excluding steroid dienone is 2. The molecule has 0 saturated heterocycles. The molecular weight excluding hydrogens is 128 g/mol. The number of carbonyl (C=O) groups is 1. The Morgan fingerprint density at radius 3 is 2.90 bits per heavy atom. The molecular formula is C7H9N2O. The van der Waals surface area contributed by atoms with Gasteiger partial charge in [0.1, 0.15) is 0 Å².